The molecule has 1 atom stereocenters. The third-order valence-corrected chi connectivity index (χ3v) is 3.47. The molecule has 1 aromatic carbocycles. The van der Waals surface area contributed by atoms with Crippen LogP contribution in [0.2, 0.25) is 0 Å². The molecule has 3 nitrogen and oxygen atoms in total. The summed E-state index contributed by atoms with van der Waals surface area (Å²) in [6, 6.07) is 6.41. The number of methoxy groups -OCH3 is 1. The molecule has 1 aromatic heterocycles. The second kappa shape index (κ2) is 4.24. The predicted molar refractivity (Wildman–Crippen MR) is 70.2 cm³/mol. The first-order chi connectivity index (χ1) is 8.38. The maximum atomic E-state index is 5.52. The van der Waals surface area contributed by atoms with Crippen molar-refractivity contribution in [1.82, 2.24) is 4.98 Å². The summed E-state index contributed by atoms with van der Waals surface area (Å²) in [5.41, 5.74) is 2.48. The molecule has 17 heavy (non-hydrogen) atoms. The third kappa shape index (κ3) is 1.82. The van der Waals surface area contributed by atoms with Gasteiger partial charge in [0, 0.05) is 23.6 Å². The molecule has 1 unspecified atom stereocenters. The minimum Gasteiger partial charge on any atom is -0.496 e. The lowest BCUT2D eigenvalue weighted by molar-refractivity contribution is 0.405. The van der Waals surface area contributed by atoms with Gasteiger partial charge < -0.3 is 9.72 Å². The van der Waals surface area contributed by atoms with Crippen molar-refractivity contribution in [3.63, 3.8) is 0 Å². The molecule has 0 saturated heterocycles. The number of rotatable bonds is 2. The average molecular weight is 228 g/mol. The number of aromatic nitrogens is 1. The Labute approximate surface area is 101 Å². The van der Waals surface area contributed by atoms with Gasteiger partial charge in [-0.15, -0.1) is 0 Å². The maximum Gasteiger partial charge on any atom is 0.123 e. The van der Waals surface area contributed by atoms with Crippen molar-refractivity contribution >= 4 is 17.1 Å². The van der Waals surface area contributed by atoms with E-state index in [1.165, 1.54) is 16.5 Å². The zero-order valence-electron chi connectivity index (χ0n) is 9.94. The van der Waals surface area contributed by atoms with Crippen LogP contribution in [0.3, 0.4) is 0 Å². The maximum absolute atomic E-state index is 5.52. The Morgan fingerprint density at radius 3 is 3.12 bits per heavy atom. The number of nitrogens with one attached hydrogen (secondary N) is 1. The predicted octanol–water partition coefficient (Wildman–Crippen LogP) is 3.12. The fraction of sp³-hybridized carbons (Fsp3) is 0.357. The lowest BCUT2D eigenvalue weighted by Gasteiger charge is -2.20. The zero-order valence-corrected chi connectivity index (χ0v) is 9.94. The van der Waals surface area contributed by atoms with Crippen LogP contribution in [0.15, 0.2) is 29.4 Å². The number of hydrogen-bond acceptors (Lipinski definition) is 2. The summed E-state index contributed by atoms with van der Waals surface area (Å²) in [4.78, 5) is 7.55. The largest absolute Gasteiger partial charge is 0.496 e. The summed E-state index contributed by atoms with van der Waals surface area (Å²) >= 11 is 0. The number of fused-ring (bicyclic) bond motifs is 1. The summed E-state index contributed by atoms with van der Waals surface area (Å²) in [6.07, 6.45) is 6.13. The van der Waals surface area contributed by atoms with Gasteiger partial charge >= 0.3 is 0 Å². The average Bonchev–Trinajstić information content (AvgIpc) is 2.85. The topological polar surface area (TPSA) is 37.4 Å². The Morgan fingerprint density at radius 1 is 1.41 bits per heavy atom. The second-order valence-electron chi connectivity index (χ2n) is 4.47. The van der Waals surface area contributed by atoms with Gasteiger partial charge in [-0.1, -0.05) is 0 Å². The van der Waals surface area contributed by atoms with E-state index >= 15 is 0 Å². The van der Waals surface area contributed by atoms with E-state index in [2.05, 4.69) is 28.2 Å². The molecule has 0 aliphatic carbocycles. The first-order valence-corrected chi connectivity index (χ1v) is 6.02. The van der Waals surface area contributed by atoms with Crippen molar-refractivity contribution in [3.05, 3.63) is 30.0 Å². The summed E-state index contributed by atoms with van der Waals surface area (Å²) in [6.45, 7) is 0.927. The number of hydrogen-bond donors (Lipinski definition) is 1. The van der Waals surface area contributed by atoms with Crippen molar-refractivity contribution < 1.29 is 4.74 Å². The monoisotopic (exact) mass is 228 g/mol. The van der Waals surface area contributed by atoms with Crippen molar-refractivity contribution in [1.29, 1.82) is 0 Å². The summed E-state index contributed by atoms with van der Waals surface area (Å²) in [7, 11) is 1.74. The molecule has 3 rings (SSSR count). The Hall–Kier alpha value is -1.77. The van der Waals surface area contributed by atoms with Gasteiger partial charge in [0.05, 0.1) is 7.11 Å². The Bertz CT molecular complexity index is 556. The van der Waals surface area contributed by atoms with Crippen LogP contribution in [0.25, 0.3) is 10.9 Å². The van der Waals surface area contributed by atoms with Crippen LogP contribution >= 0.6 is 0 Å². The highest BCUT2D eigenvalue weighted by molar-refractivity contribution is 5.82. The summed E-state index contributed by atoms with van der Waals surface area (Å²) < 4.78 is 5.52. The van der Waals surface area contributed by atoms with Crippen LogP contribution in [0, 0.1) is 0 Å². The Kier molecular flexibility index (Phi) is 2.59. The fourth-order valence-corrected chi connectivity index (χ4v) is 2.52. The van der Waals surface area contributed by atoms with Gasteiger partial charge in [0.2, 0.25) is 0 Å². The van der Waals surface area contributed by atoms with E-state index in [1.54, 1.807) is 7.11 Å². The van der Waals surface area contributed by atoms with Gasteiger partial charge in [-0.3, -0.25) is 4.99 Å². The van der Waals surface area contributed by atoms with E-state index in [1.807, 2.05) is 12.4 Å². The van der Waals surface area contributed by atoms with Gasteiger partial charge in [-0.25, -0.2) is 0 Å². The van der Waals surface area contributed by atoms with E-state index in [9.17, 15) is 0 Å². The first-order valence-electron chi connectivity index (χ1n) is 6.02. The lowest BCUT2D eigenvalue weighted by atomic mass is 9.90. The molecule has 3 heteroatoms. The zero-order chi connectivity index (χ0) is 11.7. The highest BCUT2D eigenvalue weighted by Crippen LogP contribution is 2.35. The highest BCUT2D eigenvalue weighted by atomic mass is 16.5. The second-order valence-corrected chi connectivity index (χ2v) is 4.47. The van der Waals surface area contributed by atoms with Crippen molar-refractivity contribution in [2.24, 2.45) is 4.99 Å². The van der Waals surface area contributed by atoms with E-state index in [4.69, 9.17) is 4.74 Å². The molecule has 0 bridgehead atoms. The Balaban J connectivity index is 2.08. The smallest absolute Gasteiger partial charge is 0.123 e. The molecule has 1 aliphatic heterocycles. The van der Waals surface area contributed by atoms with Crippen molar-refractivity contribution in [2.75, 3.05) is 13.7 Å². The normalized spacial score (nSPS) is 19.7. The molecule has 0 amide bonds. The molecular formula is C14H16N2O. The lowest BCUT2D eigenvalue weighted by Crippen LogP contribution is -2.08. The molecule has 2 aromatic rings. The van der Waals surface area contributed by atoms with Crippen LogP contribution in [-0.2, 0) is 0 Å². The van der Waals surface area contributed by atoms with Crippen LogP contribution in [0.1, 0.15) is 24.3 Å². The summed E-state index contributed by atoms with van der Waals surface area (Å²) in [5.74, 6) is 1.53. The molecule has 0 fully saturated rings. The van der Waals surface area contributed by atoms with E-state index in [0.717, 1.165) is 25.1 Å². The summed E-state index contributed by atoms with van der Waals surface area (Å²) in [5, 5.41) is 1.20. The van der Waals surface area contributed by atoms with E-state index < -0.39 is 0 Å². The fourth-order valence-electron chi connectivity index (χ4n) is 2.52. The molecule has 0 spiro atoms. The quantitative estimate of drug-likeness (QED) is 0.842. The van der Waals surface area contributed by atoms with Crippen molar-refractivity contribution in [3.8, 4) is 5.75 Å². The van der Waals surface area contributed by atoms with Crippen LogP contribution < -0.4 is 4.74 Å². The minimum absolute atomic E-state index is 0.537. The first kappa shape index (κ1) is 10.4. The number of aromatic amines is 1. The van der Waals surface area contributed by atoms with E-state index in [0.29, 0.717) is 5.92 Å². The molecule has 0 radical (unpaired) electrons. The molecule has 1 aliphatic rings. The minimum atomic E-state index is 0.537. The van der Waals surface area contributed by atoms with Gasteiger partial charge in [0.1, 0.15) is 5.75 Å². The highest BCUT2D eigenvalue weighted by Gasteiger charge is 2.18. The standard InChI is InChI=1S/C14H16N2O/c1-17-14-8-11-4-7-16-13(11)9-12(14)10-2-5-15-6-3-10/h4-5,7-10,16H,2-3,6H2,1H3. The number of benzene rings is 1. The van der Waals surface area contributed by atoms with Crippen LogP contribution in [0.4, 0.5) is 0 Å². The van der Waals surface area contributed by atoms with Crippen LogP contribution in [0.5, 0.6) is 5.75 Å². The Morgan fingerprint density at radius 2 is 2.35 bits per heavy atom. The van der Waals surface area contributed by atoms with Gasteiger partial charge in [0.25, 0.3) is 0 Å². The molecule has 0 saturated carbocycles. The van der Waals surface area contributed by atoms with Crippen LogP contribution in [-0.4, -0.2) is 24.9 Å². The molecule has 88 valence electrons. The van der Waals surface area contributed by atoms with Crippen molar-refractivity contribution in [2.45, 2.75) is 18.8 Å². The molecular weight excluding hydrogens is 212 g/mol. The van der Waals surface area contributed by atoms with Gasteiger partial charge in [-0.2, -0.15) is 0 Å². The molecule has 2 heterocycles. The number of ether oxygens (including phenoxy) is 1. The number of nitrogens with zero attached hydrogens (tertiary/aromatic N) is 1. The van der Waals surface area contributed by atoms with Gasteiger partial charge in [0.15, 0.2) is 0 Å². The number of H-pyrrole nitrogens is 1. The van der Waals surface area contributed by atoms with E-state index in [-0.39, 0.29) is 0 Å². The third-order valence-electron chi connectivity index (χ3n) is 3.47. The number of aliphatic imine (C=N–C) groups is 1. The SMILES string of the molecule is COc1cc2cc[nH]c2cc1C1CC=NCC1. The molecule has 1 N–H and O–H groups in total. The van der Waals surface area contributed by atoms with Gasteiger partial charge in [-0.05, 0) is 48.7 Å².